The molecule has 0 atom stereocenters. The molecule has 7 heteroatoms. The molecule has 0 radical (unpaired) electrons. The van der Waals surface area contributed by atoms with Crippen molar-refractivity contribution in [3.05, 3.63) is 56.4 Å². The minimum absolute atomic E-state index is 0.163. The van der Waals surface area contributed by atoms with Crippen LogP contribution in [0.1, 0.15) is 21.8 Å². The molecule has 2 heterocycles. The Kier molecular flexibility index (Phi) is 4.42. The van der Waals surface area contributed by atoms with E-state index in [0.717, 1.165) is 15.2 Å². The van der Waals surface area contributed by atoms with E-state index in [1.165, 1.54) is 4.68 Å². The first kappa shape index (κ1) is 16.3. The number of hydrogen-bond donors (Lipinski definition) is 0. The number of rotatable bonds is 4. The lowest BCUT2D eigenvalue weighted by Crippen LogP contribution is -2.33. The van der Waals surface area contributed by atoms with E-state index >= 15 is 0 Å². The number of aryl methyl sites for hydroxylation is 1. The summed E-state index contributed by atoms with van der Waals surface area (Å²) in [6.07, 6.45) is 0. The third-order valence-corrected chi connectivity index (χ3v) is 4.89. The predicted octanol–water partition coefficient (Wildman–Crippen LogP) is 2.43. The molecule has 122 valence electrons. The Labute approximate surface area is 143 Å². The van der Waals surface area contributed by atoms with Gasteiger partial charge in [-0.2, -0.15) is 10.4 Å². The van der Waals surface area contributed by atoms with Crippen LogP contribution in [0.5, 0.6) is 0 Å². The van der Waals surface area contributed by atoms with Crippen LogP contribution < -0.4 is 5.56 Å². The smallest absolute Gasteiger partial charge is 0.281 e. The van der Waals surface area contributed by atoms with Crippen molar-refractivity contribution >= 4 is 21.6 Å². The summed E-state index contributed by atoms with van der Waals surface area (Å²) in [5.41, 5.74) is 2.14. The van der Waals surface area contributed by atoms with Gasteiger partial charge in [-0.15, -0.1) is 11.3 Å². The first-order chi connectivity index (χ1) is 11.5. The summed E-state index contributed by atoms with van der Waals surface area (Å²) < 4.78 is 2.49. The van der Waals surface area contributed by atoms with Gasteiger partial charge in [0.15, 0.2) is 0 Å². The third kappa shape index (κ3) is 3.07. The molecule has 3 rings (SSSR count). The van der Waals surface area contributed by atoms with Crippen LogP contribution in [-0.2, 0) is 13.2 Å². The molecule has 6 nitrogen and oxygen atoms in total. The Hall–Kier alpha value is -2.56. The standard InChI is InChI=1S/C17H17N5OS/c1-11-12(2)20-22(17(23)13(11)8-18)10-21(3)9-16-19-14-6-4-5-7-15(14)24-16/h4-7H,9-10H2,1-3H3. The van der Waals surface area contributed by atoms with Crippen molar-refractivity contribution in [2.75, 3.05) is 7.05 Å². The molecule has 0 saturated carbocycles. The molecule has 0 unspecified atom stereocenters. The Balaban J connectivity index is 1.82. The maximum atomic E-state index is 12.3. The fourth-order valence-electron chi connectivity index (χ4n) is 2.50. The first-order valence-corrected chi connectivity index (χ1v) is 8.32. The Morgan fingerprint density at radius 3 is 2.79 bits per heavy atom. The Morgan fingerprint density at radius 1 is 1.33 bits per heavy atom. The van der Waals surface area contributed by atoms with Crippen LogP contribution in [0.3, 0.4) is 0 Å². The van der Waals surface area contributed by atoms with Crippen LogP contribution in [0.25, 0.3) is 10.2 Å². The van der Waals surface area contributed by atoms with Crippen LogP contribution in [-0.4, -0.2) is 26.7 Å². The largest absolute Gasteiger partial charge is 0.286 e. The number of nitrogens with zero attached hydrogens (tertiary/aromatic N) is 5. The fraction of sp³-hybridized carbons (Fsp3) is 0.294. The van der Waals surface area contributed by atoms with Crippen molar-refractivity contribution in [3.63, 3.8) is 0 Å². The van der Waals surface area contributed by atoms with Gasteiger partial charge in [-0.3, -0.25) is 9.69 Å². The molecule has 0 spiro atoms. The van der Waals surface area contributed by atoms with E-state index in [1.807, 2.05) is 42.3 Å². The monoisotopic (exact) mass is 339 g/mol. The lowest BCUT2D eigenvalue weighted by Gasteiger charge is -2.17. The van der Waals surface area contributed by atoms with Crippen molar-refractivity contribution in [2.45, 2.75) is 27.1 Å². The Morgan fingerprint density at radius 2 is 2.08 bits per heavy atom. The number of para-hydroxylation sites is 1. The minimum atomic E-state index is -0.350. The Bertz CT molecular complexity index is 965. The summed E-state index contributed by atoms with van der Waals surface area (Å²) in [5, 5.41) is 14.5. The number of thiazole rings is 1. The second-order valence-electron chi connectivity index (χ2n) is 5.73. The molecule has 1 aromatic carbocycles. The zero-order valence-corrected chi connectivity index (χ0v) is 14.6. The summed E-state index contributed by atoms with van der Waals surface area (Å²) >= 11 is 1.64. The van der Waals surface area contributed by atoms with Crippen LogP contribution in [0.2, 0.25) is 0 Å². The molecular formula is C17H17N5OS. The van der Waals surface area contributed by atoms with Crippen LogP contribution in [0.15, 0.2) is 29.1 Å². The molecule has 0 aliphatic rings. The van der Waals surface area contributed by atoms with Gasteiger partial charge in [0.05, 0.1) is 29.1 Å². The fourth-order valence-corrected chi connectivity index (χ4v) is 3.54. The normalized spacial score (nSPS) is 11.1. The van der Waals surface area contributed by atoms with E-state index in [9.17, 15) is 10.1 Å². The SMILES string of the molecule is Cc1nn(CN(C)Cc2nc3ccccc3s2)c(=O)c(C#N)c1C. The highest BCUT2D eigenvalue weighted by Gasteiger charge is 2.13. The topological polar surface area (TPSA) is 74.8 Å². The molecule has 3 aromatic rings. The van der Waals surface area contributed by atoms with E-state index < -0.39 is 0 Å². The van der Waals surface area contributed by atoms with Crippen LogP contribution in [0.4, 0.5) is 0 Å². The number of hydrogen-bond acceptors (Lipinski definition) is 6. The van der Waals surface area contributed by atoms with Gasteiger partial charge in [0.25, 0.3) is 5.56 Å². The average Bonchev–Trinajstić information content (AvgIpc) is 2.95. The molecule has 2 aromatic heterocycles. The molecule has 0 amide bonds. The van der Waals surface area contributed by atoms with Gasteiger partial charge < -0.3 is 0 Å². The van der Waals surface area contributed by atoms with Gasteiger partial charge in [0.2, 0.25) is 0 Å². The predicted molar refractivity (Wildman–Crippen MR) is 93.8 cm³/mol. The zero-order valence-electron chi connectivity index (χ0n) is 13.8. The molecule has 24 heavy (non-hydrogen) atoms. The first-order valence-electron chi connectivity index (χ1n) is 7.51. The van der Waals surface area contributed by atoms with Crippen molar-refractivity contribution in [3.8, 4) is 6.07 Å². The summed E-state index contributed by atoms with van der Waals surface area (Å²) in [5.74, 6) is 0. The van der Waals surface area contributed by atoms with Crippen molar-refractivity contribution in [1.82, 2.24) is 19.7 Å². The average molecular weight is 339 g/mol. The third-order valence-electron chi connectivity index (χ3n) is 3.87. The molecule has 0 fully saturated rings. The molecule has 0 aliphatic carbocycles. The number of benzene rings is 1. The van der Waals surface area contributed by atoms with Gasteiger partial charge >= 0.3 is 0 Å². The summed E-state index contributed by atoms with van der Waals surface area (Å²) in [6.45, 7) is 4.48. The van der Waals surface area contributed by atoms with Gasteiger partial charge in [-0.1, -0.05) is 12.1 Å². The lowest BCUT2D eigenvalue weighted by molar-refractivity contribution is 0.239. The second kappa shape index (κ2) is 6.51. The lowest BCUT2D eigenvalue weighted by atomic mass is 10.1. The molecule has 0 saturated heterocycles. The second-order valence-corrected chi connectivity index (χ2v) is 6.85. The van der Waals surface area contributed by atoms with Crippen LogP contribution >= 0.6 is 11.3 Å². The van der Waals surface area contributed by atoms with E-state index in [4.69, 9.17) is 0 Å². The highest BCUT2D eigenvalue weighted by atomic mass is 32.1. The van der Waals surface area contributed by atoms with E-state index in [2.05, 4.69) is 10.1 Å². The van der Waals surface area contributed by atoms with E-state index in [-0.39, 0.29) is 11.1 Å². The van der Waals surface area contributed by atoms with Gasteiger partial charge in [-0.25, -0.2) is 9.67 Å². The van der Waals surface area contributed by atoms with Crippen molar-refractivity contribution in [1.29, 1.82) is 5.26 Å². The van der Waals surface area contributed by atoms with Crippen molar-refractivity contribution < 1.29 is 0 Å². The van der Waals surface area contributed by atoms with Gasteiger partial charge in [0, 0.05) is 0 Å². The maximum Gasteiger partial charge on any atom is 0.286 e. The maximum absolute atomic E-state index is 12.3. The van der Waals surface area contributed by atoms with Gasteiger partial charge in [0.1, 0.15) is 16.6 Å². The quantitative estimate of drug-likeness (QED) is 0.730. The molecule has 0 aliphatic heterocycles. The molecular weight excluding hydrogens is 322 g/mol. The highest BCUT2D eigenvalue weighted by Crippen LogP contribution is 2.22. The number of nitriles is 1. The van der Waals surface area contributed by atoms with Crippen molar-refractivity contribution in [2.24, 2.45) is 0 Å². The highest BCUT2D eigenvalue weighted by molar-refractivity contribution is 7.18. The summed E-state index contributed by atoms with van der Waals surface area (Å²) in [7, 11) is 1.90. The van der Waals surface area contributed by atoms with E-state index in [0.29, 0.717) is 24.5 Å². The zero-order chi connectivity index (χ0) is 17.3. The number of aromatic nitrogens is 3. The molecule has 0 bridgehead atoms. The van der Waals surface area contributed by atoms with Gasteiger partial charge in [-0.05, 0) is 38.6 Å². The number of fused-ring (bicyclic) bond motifs is 1. The summed E-state index contributed by atoms with van der Waals surface area (Å²) in [6, 6.07) is 9.99. The van der Waals surface area contributed by atoms with Crippen LogP contribution in [0, 0.1) is 25.2 Å². The molecule has 0 N–H and O–H groups in total. The minimum Gasteiger partial charge on any atom is -0.281 e. The van der Waals surface area contributed by atoms with E-state index in [1.54, 1.807) is 25.2 Å². The summed E-state index contributed by atoms with van der Waals surface area (Å²) in [4.78, 5) is 18.9.